The Morgan fingerprint density at radius 3 is 2.62 bits per heavy atom. The third-order valence-electron chi connectivity index (χ3n) is 6.05. The fourth-order valence-electron chi connectivity index (χ4n) is 4.39. The van der Waals surface area contributed by atoms with Gasteiger partial charge in [-0.15, -0.1) is 0 Å². The van der Waals surface area contributed by atoms with Gasteiger partial charge in [-0.25, -0.2) is 9.78 Å². The van der Waals surface area contributed by atoms with Crippen LogP contribution in [0.25, 0.3) is 0 Å². The Bertz CT molecular complexity index is 1090. The van der Waals surface area contributed by atoms with Gasteiger partial charge >= 0.3 is 5.97 Å². The first kappa shape index (κ1) is 23.8. The third kappa shape index (κ3) is 5.75. The van der Waals surface area contributed by atoms with Crippen LogP contribution in [0.15, 0.2) is 72.9 Å². The monoisotopic (exact) mass is 459 g/mol. The Morgan fingerprint density at radius 2 is 1.85 bits per heavy atom. The number of esters is 1. The zero-order valence-corrected chi connectivity index (χ0v) is 20.2. The number of hydrogen-bond donors (Lipinski definition) is 0. The van der Waals surface area contributed by atoms with Gasteiger partial charge in [0.15, 0.2) is 0 Å². The molecule has 0 saturated carbocycles. The van der Waals surface area contributed by atoms with Gasteiger partial charge in [-0.1, -0.05) is 43.3 Å². The molecule has 0 spiro atoms. The van der Waals surface area contributed by atoms with Crippen molar-refractivity contribution in [3.63, 3.8) is 0 Å². The molecular formula is C28H33N3O3. The van der Waals surface area contributed by atoms with Crippen LogP contribution in [0.2, 0.25) is 0 Å². The van der Waals surface area contributed by atoms with Crippen molar-refractivity contribution in [3.8, 4) is 11.5 Å². The second-order valence-corrected chi connectivity index (χ2v) is 8.80. The summed E-state index contributed by atoms with van der Waals surface area (Å²) < 4.78 is 11.6. The summed E-state index contributed by atoms with van der Waals surface area (Å²) in [6.07, 6.45) is 2.58. The molecule has 34 heavy (non-hydrogen) atoms. The van der Waals surface area contributed by atoms with Crippen LogP contribution in [0.5, 0.6) is 11.5 Å². The van der Waals surface area contributed by atoms with Crippen LogP contribution < -0.4 is 9.64 Å². The molecule has 1 atom stereocenters. The Morgan fingerprint density at radius 1 is 1.09 bits per heavy atom. The number of benzene rings is 2. The molecule has 6 heteroatoms. The van der Waals surface area contributed by atoms with Crippen molar-refractivity contribution in [2.75, 3.05) is 24.5 Å². The first-order chi connectivity index (χ1) is 16.5. The van der Waals surface area contributed by atoms with Crippen molar-refractivity contribution in [1.82, 2.24) is 9.88 Å². The van der Waals surface area contributed by atoms with E-state index in [1.807, 2.05) is 56.3 Å². The number of aromatic nitrogens is 1. The number of anilines is 1. The molecule has 0 N–H and O–H groups in total. The van der Waals surface area contributed by atoms with Gasteiger partial charge < -0.3 is 14.4 Å². The lowest BCUT2D eigenvalue weighted by Gasteiger charge is -2.29. The van der Waals surface area contributed by atoms with E-state index in [0.29, 0.717) is 17.4 Å². The van der Waals surface area contributed by atoms with Crippen LogP contribution in [-0.2, 0) is 11.3 Å². The van der Waals surface area contributed by atoms with Crippen molar-refractivity contribution < 1.29 is 14.3 Å². The molecule has 0 unspecified atom stereocenters. The first-order valence-corrected chi connectivity index (χ1v) is 12.0. The standard InChI is InChI=1S/C28H33N3O3/c1-4-30(19-22-11-8-9-15-26(22)34-24-12-6-5-7-13-24)23-16-18-31(20-23)27-25(14-10-17-29-27)28(32)33-21(2)3/h5-15,17,21,23H,4,16,18-20H2,1-3H3/t23-/m0/s1. The first-order valence-electron chi connectivity index (χ1n) is 12.0. The molecule has 2 heterocycles. The van der Waals surface area contributed by atoms with E-state index in [0.717, 1.165) is 49.7 Å². The quantitative estimate of drug-likeness (QED) is 0.392. The molecule has 0 aliphatic carbocycles. The molecule has 1 aromatic heterocycles. The second kappa shape index (κ2) is 11.2. The van der Waals surface area contributed by atoms with Gasteiger partial charge in [0.25, 0.3) is 0 Å². The van der Waals surface area contributed by atoms with Crippen LogP contribution in [-0.4, -0.2) is 47.6 Å². The summed E-state index contributed by atoms with van der Waals surface area (Å²) in [5.41, 5.74) is 1.69. The topological polar surface area (TPSA) is 54.9 Å². The highest BCUT2D eigenvalue weighted by atomic mass is 16.5. The number of para-hydroxylation sites is 2. The summed E-state index contributed by atoms with van der Waals surface area (Å²) >= 11 is 0. The zero-order valence-electron chi connectivity index (χ0n) is 20.2. The van der Waals surface area contributed by atoms with Gasteiger partial charge in [0, 0.05) is 37.4 Å². The average Bonchev–Trinajstić information content (AvgIpc) is 3.34. The van der Waals surface area contributed by atoms with Crippen molar-refractivity contribution >= 4 is 11.8 Å². The predicted octanol–water partition coefficient (Wildman–Crippen LogP) is 5.54. The van der Waals surface area contributed by atoms with Gasteiger partial charge in [-0.05, 0) is 57.1 Å². The van der Waals surface area contributed by atoms with Gasteiger partial charge in [0.2, 0.25) is 0 Å². The fraction of sp³-hybridized carbons (Fsp3) is 0.357. The summed E-state index contributed by atoms with van der Waals surface area (Å²) in [6, 6.07) is 22.0. The molecule has 0 bridgehead atoms. The summed E-state index contributed by atoms with van der Waals surface area (Å²) in [4.78, 5) is 21.8. The van der Waals surface area contributed by atoms with Gasteiger partial charge in [-0.2, -0.15) is 0 Å². The van der Waals surface area contributed by atoms with Crippen molar-refractivity contribution in [3.05, 3.63) is 84.1 Å². The highest BCUT2D eigenvalue weighted by Gasteiger charge is 2.30. The molecule has 4 rings (SSSR count). The van der Waals surface area contributed by atoms with Crippen LogP contribution in [0.4, 0.5) is 5.82 Å². The van der Waals surface area contributed by atoms with Crippen LogP contribution in [0, 0.1) is 0 Å². The molecule has 0 amide bonds. The molecule has 6 nitrogen and oxygen atoms in total. The number of ether oxygens (including phenoxy) is 2. The van der Waals surface area contributed by atoms with Gasteiger partial charge in [0.05, 0.1) is 6.10 Å². The molecule has 1 aliphatic heterocycles. The van der Waals surface area contributed by atoms with Crippen molar-refractivity contribution in [2.45, 2.75) is 45.9 Å². The van der Waals surface area contributed by atoms with Crippen molar-refractivity contribution in [1.29, 1.82) is 0 Å². The molecule has 3 aromatic rings. The number of nitrogens with zero attached hydrogens (tertiary/aromatic N) is 3. The molecule has 178 valence electrons. The molecule has 0 radical (unpaired) electrons. The Kier molecular flexibility index (Phi) is 7.80. The minimum Gasteiger partial charge on any atom is -0.459 e. The van der Waals surface area contributed by atoms with Crippen LogP contribution >= 0.6 is 0 Å². The summed E-state index contributed by atoms with van der Waals surface area (Å²) in [5, 5.41) is 0. The smallest absolute Gasteiger partial charge is 0.342 e. The lowest BCUT2D eigenvalue weighted by atomic mass is 10.1. The van der Waals surface area contributed by atoms with E-state index < -0.39 is 0 Å². The number of carbonyl (C=O) groups excluding carboxylic acids is 1. The Labute approximate surface area is 202 Å². The number of likely N-dealkylation sites (N-methyl/N-ethyl adjacent to an activating group) is 1. The molecular weight excluding hydrogens is 426 g/mol. The minimum atomic E-state index is -0.319. The van der Waals surface area contributed by atoms with E-state index in [9.17, 15) is 4.79 Å². The van der Waals surface area contributed by atoms with Crippen molar-refractivity contribution in [2.24, 2.45) is 0 Å². The SMILES string of the molecule is CCN(Cc1ccccc1Oc1ccccc1)[C@H]1CCN(c2ncccc2C(=O)OC(C)C)C1. The van der Waals surface area contributed by atoms with Gasteiger partial charge in [0.1, 0.15) is 22.9 Å². The summed E-state index contributed by atoms with van der Waals surface area (Å²) in [6.45, 7) is 9.29. The predicted molar refractivity (Wildman–Crippen MR) is 134 cm³/mol. The normalized spacial score (nSPS) is 15.7. The Balaban J connectivity index is 1.47. The number of carbonyl (C=O) groups is 1. The van der Waals surface area contributed by atoms with E-state index in [4.69, 9.17) is 9.47 Å². The van der Waals surface area contributed by atoms with E-state index in [2.05, 4.69) is 33.8 Å². The fourth-order valence-corrected chi connectivity index (χ4v) is 4.39. The van der Waals surface area contributed by atoms with Crippen LogP contribution in [0.3, 0.4) is 0 Å². The van der Waals surface area contributed by atoms with Crippen LogP contribution in [0.1, 0.15) is 43.1 Å². The molecule has 1 fully saturated rings. The summed E-state index contributed by atoms with van der Waals surface area (Å²) in [7, 11) is 0. The molecule has 2 aromatic carbocycles. The molecule has 1 saturated heterocycles. The lowest BCUT2D eigenvalue weighted by molar-refractivity contribution is 0.0378. The van der Waals surface area contributed by atoms with Gasteiger partial charge in [-0.3, -0.25) is 4.90 Å². The van der Waals surface area contributed by atoms with E-state index in [-0.39, 0.29) is 12.1 Å². The lowest BCUT2D eigenvalue weighted by Crippen LogP contribution is -2.37. The Hall–Kier alpha value is -3.38. The highest BCUT2D eigenvalue weighted by molar-refractivity contribution is 5.94. The number of hydrogen-bond acceptors (Lipinski definition) is 6. The maximum Gasteiger partial charge on any atom is 0.342 e. The summed E-state index contributed by atoms with van der Waals surface area (Å²) in [5.74, 6) is 2.10. The van der Waals surface area contributed by atoms with E-state index >= 15 is 0 Å². The third-order valence-corrected chi connectivity index (χ3v) is 6.05. The van der Waals surface area contributed by atoms with E-state index in [1.54, 1.807) is 18.3 Å². The maximum absolute atomic E-state index is 12.6. The average molecular weight is 460 g/mol. The second-order valence-electron chi connectivity index (χ2n) is 8.80. The largest absolute Gasteiger partial charge is 0.459 e. The zero-order chi connectivity index (χ0) is 23.9. The maximum atomic E-state index is 12.6. The number of pyridine rings is 1. The minimum absolute atomic E-state index is 0.166. The molecule has 1 aliphatic rings. The van der Waals surface area contributed by atoms with E-state index in [1.165, 1.54) is 0 Å². The highest BCUT2D eigenvalue weighted by Crippen LogP contribution is 2.29. The number of rotatable bonds is 9.